The number of aromatic nitrogens is 3. The number of esters is 1. The molecular weight excluding hydrogens is 429 g/mol. The SMILES string of the molecule is Nc1nccnc1C(=O)OCC(=O)N1CCN(c2ncc(C(F)(F)F)cc2Cl)CC1. The van der Waals surface area contributed by atoms with Crippen LogP contribution in [0.15, 0.2) is 24.7 Å². The molecule has 0 bridgehead atoms. The molecule has 0 radical (unpaired) electrons. The average Bonchev–Trinajstić information content (AvgIpc) is 2.71. The lowest BCUT2D eigenvalue weighted by molar-refractivity contribution is -0.138. The van der Waals surface area contributed by atoms with E-state index in [1.54, 1.807) is 4.90 Å². The van der Waals surface area contributed by atoms with Crippen LogP contribution in [0.3, 0.4) is 0 Å². The average molecular weight is 445 g/mol. The van der Waals surface area contributed by atoms with Gasteiger partial charge in [-0.05, 0) is 6.07 Å². The van der Waals surface area contributed by atoms with Crippen molar-refractivity contribution in [2.24, 2.45) is 0 Å². The minimum absolute atomic E-state index is 0.107. The molecule has 1 fully saturated rings. The number of halogens is 4. The standard InChI is InChI=1S/C17H16ClF3N6O3/c18-11-7-10(17(19,20)21)8-25-15(11)27-5-3-26(4-6-27)12(28)9-30-16(29)13-14(22)24-2-1-23-13/h1-2,7-8H,3-6,9H2,(H2,22,24). The normalized spacial score (nSPS) is 14.5. The lowest BCUT2D eigenvalue weighted by Crippen LogP contribution is -2.50. The third-order valence-corrected chi connectivity index (χ3v) is 4.61. The maximum atomic E-state index is 12.7. The summed E-state index contributed by atoms with van der Waals surface area (Å²) >= 11 is 5.96. The number of hydrogen-bond acceptors (Lipinski definition) is 8. The predicted molar refractivity (Wildman–Crippen MR) is 99.8 cm³/mol. The Labute approximate surface area is 173 Å². The molecule has 0 saturated carbocycles. The molecule has 0 unspecified atom stereocenters. The smallest absolute Gasteiger partial charge is 0.417 e. The van der Waals surface area contributed by atoms with Crippen molar-refractivity contribution in [1.82, 2.24) is 19.9 Å². The van der Waals surface area contributed by atoms with Gasteiger partial charge in [-0.25, -0.2) is 19.7 Å². The summed E-state index contributed by atoms with van der Waals surface area (Å²) in [6.07, 6.45) is -1.23. The first-order chi connectivity index (χ1) is 14.2. The van der Waals surface area contributed by atoms with Gasteiger partial charge >= 0.3 is 12.1 Å². The van der Waals surface area contributed by atoms with E-state index in [-0.39, 0.29) is 35.4 Å². The van der Waals surface area contributed by atoms with Crippen LogP contribution in [0.25, 0.3) is 0 Å². The van der Waals surface area contributed by atoms with Gasteiger partial charge < -0.3 is 20.3 Å². The number of rotatable bonds is 4. The van der Waals surface area contributed by atoms with Gasteiger partial charge in [0.1, 0.15) is 5.82 Å². The van der Waals surface area contributed by atoms with E-state index in [1.807, 2.05) is 0 Å². The highest BCUT2D eigenvalue weighted by molar-refractivity contribution is 6.33. The Morgan fingerprint density at radius 3 is 2.40 bits per heavy atom. The Kier molecular flexibility index (Phi) is 6.25. The number of hydrogen-bond donors (Lipinski definition) is 1. The Morgan fingerprint density at radius 1 is 1.13 bits per heavy atom. The summed E-state index contributed by atoms with van der Waals surface area (Å²) in [4.78, 5) is 38.6. The first-order valence-corrected chi connectivity index (χ1v) is 9.03. The number of nitrogen functional groups attached to an aromatic ring is 1. The summed E-state index contributed by atoms with van der Waals surface area (Å²) < 4.78 is 43.1. The minimum Gasteiger partial charge on any atom is -0.451 e. The zero-order valence-corrected chi connectivity index (χ0v) is 16.2. The lowest BCUT2D eigenvalue weighted by atomic mass is 10.2. The molecule has 3 rings (SSSR count). The number of anilines is 2. The summed E-state index contributed by atoms with van der Waals surface area (Å²) in [5, 5.41) is -0.125. The van der Waals surface area contributed by atoms with Crippen molar-refractivity contribution in [2.75, 3.05) is 43.4 Å². The fourth-order valence-corrected chi connectivity index (χ4v) is 3.06. The van der Waals surface area contributed by atoms with Crippen LogP contribution in [0.4, 0.5) is 24.8 Å². The molecule has 30 heavy (non-hydrogen) atoms. The first-order valence-electron chi connectivity index (χ1n) is 8.66. The number of pyridine rings is 1. The van der Waals surface area contributed by atoms with Gasteiger partial charge in [-0.15, -0.1) is 0 Å². The molecule has 2 N–H and O–H groups in total. The molecule has 0 aliphatic carbocycles. The second kappa shape index (κ2) is 8.69. The van der Waals surface area contributed by atoms with Gasteiger partial charge in [0, 0.05) is 44.8 Å². The van der Waals surface area contributed by atoms with E-state index in [0.29, 0.717) is 13.1 Å². The maximum Gasteiger partial charge on any atom is 0.417 e. The highest BCUT2D eigenvalue weighted by atomic mass is 35.5. The highest BCUT2D eigenvalue weighted by Gasteiger charge is 2.32. The van der Waals surface area contributed by atoms with Crippen molar-refractivity contribution in [3.8, 4) is 0 Å². The third-order valence-electron chi connectivity index (χ3n) is 4.33. The Morgan fingerprint density at radius 2 is 1.80 bits per heavy atom. The number of alkyl halides is 3. The number of nitrogens with two attached hydrogens (primary N) is 1. The van der Waals surface area contributed by atoms with E-state index in [0.717, 1.165) is 12.3 Å². The van der Waals surface area contributed by atoms with Crippen LogP contribution in [0, 0.1) is 0 Å². The van der Waals surface area contributed by atoms with Gasteiger partial charge in [-0.2, -0.15) is 13.2 Å². The largest absolute Gasteiger partial charge is 0.451 e. The van der Waals surface area contributed by atoms with E-state index in [9.17, 15) is 22.8 Å². The van der Waals surface area contributed by atoms with Crippen LogP contribution >= 0.6 is 11.6 Å². The second-order valence-electron chi connectivity index (χ2n) is 6.26. The number of piperazine rings is 1. The van der Waals surface area contributed by atoms with Crippen LogP contribution in [-0.2, 0) is 15.7 Å². The molecule has 13 heteroatoms. The van der Waals surface area contributed by atoms with E-state index >= 15 is 0 Å². The highest BCUT2D eigenvalue weighted by Crippen LogP contribution is 2.33. The molecule has 3 heterocycles. The summed E-state index contributed by atoms with van der Waals surface area (Å²) in [7, 11) is 0. The number of ether oxygens (including phenoxy) is 1. The summed E-state index contributed by atoms with van der Waals surface area (Å²) in [5.74, 6) is -1.20. The van der Waals surface area contributed by atoms with Crippen LogP contribution in [0.1, 0.15) is 16.1 Å². The van der Waals surface area contributed by atoms with E-state index in [2.05, 4.69) is 15.0 Å². The number of amides is 1. The zero-order chi connectivity index (χ0) is 21.9. The fraction of sp³-hybridized carbons (Fsp3) is 0.353. The van der Waals surface area contributed by atoms with Crippen molar-refractivity contribution in [3.05, 3.63) is 40.9 Å². The van der Waals surface area contributed by atoms with Crippen molar-refractivity contribution < 1.29 is 27.5 Å². The number of carbonyl (C=O) groups is 2. The van der Waals surface area contributed by atoms with Gasteiger partial charge in [0.2, 0.25) is 0 Å². The van der Waals surface area contributed by atoms with Crippen molar-refractivity contribution in [1.29, 1.82) is 0 Å². The van der Waals surface area contributed by atoms with Gasteiger partial charge in [0.25, 0.3) is 5.91 Å². The molecule has 1 saturated heterocycles. The van der Waals surface area contributed by atoms with Gasteiger partial charge in [-0.3, -0.25) is 4.79 Å². The van der Waals surface area contributed by atoms with Crippen molar-refractivity contribution in [3.63, 3.8) is 0 Å². The quantitative estimate of drug-likeness (QED) is 0.708. The third kappa shape index (κ3) is 4.87. The van der Waals surface area contributed by atoms with Crippen LogP contribution < -0.4 is 10.6 Å². The minimum atomic E-state index is -4.53. The Bertz CT molecular complexity index is 951. The fourth-order valence-electron chi connectivity index (χ4n) is 2.78. The second-order valence-corrected chi connectivity index (χ2v) is 6.67. The molecule has 2 aromatic rings. The topological polar surface area (TPSA) is 115 Å². The van der Waals surface area contributed by atoms with Crippen LogP contribution in [-0.4, -0.2) is 64.5 Å². The van der Waals surface area contributed by atoms with Gasteiger partial charge in [0.15, 0.2) is 18.1 Å². The Balaban J connectivity index is 1.53. The molecule has 0 aromatic carbocycles. The summed E-state index contributed by atoms with van der Waals surface area (Å²) in [5.41, 5.74) is 4.42. The van der Waals surface area contributed by atoms with Crippen LogP contribution in [0.5, 0.6) is 0 Å². The summed E-state index contributed by atoms with van der Waals surface area (Å²) in [6.45, 7) is 0.600. The molecule has 1 aliphatic heterocycles. The molecule has 0 spiro atoms. The predicted octanol–water partition coefficient (Wildman–Crippen LogP) is 1.63. The molecular formula is C17H16ClF3N6O3. The van der Waals surface area contributed by atoms with E-state index in [4.69, 9.17) is 22.1 Å². The van der Waals surface area contributed by atoms with Crippen molar-refractivity contribution in [2.45, 2.75) is 6.18 Å². The molecule has 1 aliphatic rings. The van der Waals surface area contributed by atoms with Gasteiger partial charge in [-0.1, -0.05) is 11.6 Å². The lowest BCUT2D eigenvalue weighted by Gasteiger charge is -2.35. The van der Waals surface area contributed by atoms with Crippen LogP contribution in [0.2, 0.25) is 5.02 Å². The van der Waals surface area contributed by atoms with E-state index in [1.165, 1.54) is 17.3 Å². The summed E-state index contributed by atoms with van der Waals surface area (Å²) in [6, 6.07) is 0.818. The van der Waals surface area contributed by atoms with Crippen molar-refractivity contribution >= 4 is 35.1 Å². The molecule has 1 amide bonds. The molecule has 160 valence electrons. The molecule has 2 aromatic heterocycles. The molecule has 9 nitrogen and oxygen atoms in total. The van der Waals surface area contributed by atoms with Gasteiger partial charge in [0.05, 0.1) is 10.6 Å². The maximum absolute atomic E-state index is 12.7. The molecule has 0 atom stereocenters. The van der Waals surface area contributed by atoms with E-state index < -0.39 is 30.2 Å². The zero-order valence-electron chi connectivity index (χ0n) is 15.4. The Hall–Kier alpha value is -3.15. The number of carbonyl (C=O) groups excluding carboxylic acids is 2. The number of nitrogens with zero attached hydrogens (tertiary/aromatic N) is 5. The monoisotopic (exact) mass is 444 g/mol. The first kappa shape index (κ1) is 21.6.